The first-order valence-electron chi connectivity index (χ1n) is 7.18. The normalized spacial score (nSPS) is 22.9. The fourth-order valence-electron chi connectivity index (χ4n) is 2.65. The summed E-state index contributed by atoms with van der Waals surface area (Å²) >= 11 is 0. The molecule has 0 aromatic heterocycles. The molecule has 0 bridgehead atoms. The molecule has 2 rings (SSSR count). The van der Waals surface area contributed by atoms with Crippen molar-refractivity contribution >= 4 is 0 Å². The van der Waals surface area contributed by atoms with Gasteiger partial charge in [-0.15, -0.1) is 0 Å². The second-order valence-electron chi connectivity index (χ2n) is 5.49. The van der Waals surface area contributed by atoms with Crippen molar-refractivity contribution in [3.63, 3.8) is 0 Å². The predicted molar refractivity (Wildman–Crippen MR) is 76.2 cm³/mol. The molecule has 2 unspecified atom stereocenters. The van der Waals surface area contributed by atoms with Gasteiger partial charge in [-0.05, 0) is 69.3 Å². The molecule has 0 aliphatic heterocycles. The quantitative estimate of drug-likeness (QED) is 0.829. The molecule has 1 aromatic rings. The third kappa shape index (κ3) is 3.26. The van der Waals surface area contributed by atoms with Crippen LogP contribution in [0.4, 0.5) is 0 Å². The lowest BCUT2D eigenvalue weighted by Crippen LogP contribution is -2.33. The summed E-state index contributed by atoms with van der Waals surface area (Å²) in [7, 11) is 0. The highest BCUT2D eigenvalue weighted by molar-refractivity contribution is 5.31. The zero-order valence-electron chi connectivity index (χ0n) is 11.8. The van der Waals surface area contributed by atoms with Gasteiger partial charge in [0.1, 0.15) is 5.75 Å². The maximum absolute atomic E-state index is 5.68. The second kappa shape index (κ2) is 6.24. The molecular formula is C16H25NO. The van der Waals surface area contributed by atoms with Crippen molar-refractivity contribution in [3.8, 4) is 5.75 Å². The Kier molecular flexibility index (Phi) is 4.65. The summed E-state index contributed by atoms with van der Waals surface area (Å²) in [5.41, 5.74) is 1.47. The van der Waals surface area contributed by atoms with Crippen molar-refractivity contribution in [2.45, 2.75) is 45.6 Å². The lowest BCUT2D eigenvalue weighted by Gasteiger charge is -2.37. The van der Waals surface area contributed by atoms with Crippen LogP contribution in [0.15, 0.2) is 24.3 Å². The number of hydrogen-bond donors (Lipinski definition) is 1. The molecule has 0 spiro atoms. The molecule has 1 fully saturated rings. The van der Waals surface area contributed by atoms with Crippen LogP contribution in [0.2, 0.25) is 0 Å². The SMILES string of the molecule is CCNCC1CCC1c1ccc(OC(C)C)cc1. The van der Waals surface area contributed by atoms with E-state index in [1.54, 1.807) is 0 Å². The Morgan fingerprint density at radius 2 is 1.94 bits per heavy atom. The van der Waals surface area contributed by atoms with Crippen molar-refractivity contribution in [3.05, 3.63) is 29.8 Å². The Morgan fingerprint density at radius 1 is 1.22 bits per heavy atom. The van der Waals surface area contributed by atoms with E-state index in [2.05, 4.69) is 50.4 Å². The van der Waals surface area contributed by atoms with Crippen molar-refractivity contribution < 1.29 is 4.74 Å². The van der Waals surface area contributed by atoms with Crippen LogP contribution in [0.25, 0.3) is 0 Å². The topological polar surface area (TPSA) is 21.3 Å². The van der Waals surface area contributed by atoms with Crippen LogP contribution < -0.4 is 10.1 Å². The third-order valence-electron chi connectivity index (χ3n) is 3.75. The van der Waals surface area contributed by atoms with Gasteiger partial charge in [0.2, 0.25) is 0 Å². The van der Waals surface area contributed by atoms with Gasteiger partial charge >= 0.3 is 0 Å². The molecular weight excluding hydrogens is 222 g/mol. The molecule has 2 heteroatoms. The van der Waals surface area contributed by atoms with Gasteiger partial charge < -0.3 is 10.1 Å². The van der Waals surface area contributed by atoms with Gasteiger partial charge in [-0.25, -0.2) is 0 Å². The highest BCUT2D eigenvalue weighted by Crippen LogP contribution is 2.42. The van der Waals surface area contributed by atoms with E-state index in [0.717, 1.165) is 30.7 Å². The molecule has 1 aliphatic rings. The summed E-state index contributed by atoms with van der Waals surface area (Å²) in [4.78, 5) is 0. The van der Waals surface area contributed by atoms with Crippen LogP contribution in [-0.4, -0.2) is 19.2 Å². The van der Waals surface area contributed by atoms with Crippen LogP contribution in [0.1, 0.15) is 45.1 Å². The maximum atomic E-state index is 5.68. The van der Waals surface area contributed by atoms with Crippen LogP contribution in [0, 0.1) is 5.92 Å². The van der Waals surface area contributed by atoms with Crippen LogP contribution in [0.3, 0.4) is 0 Å². The molecule has 1 aliphatic carbocycles. The minimum Gasteiger partial charge on any atom is -0.491 e. The molecule has 18 heavy (non-hydrogen) atoms. The summed E-state index contributed by atoms with van der Waals surface area (Å²) in [5.74, 6) is 2.55. The molecule has 100 valence electrons. The third-order valence-corrected chi connectivity index (χ3v) is 3.75. The molecule has 0 radical (unpaired) electrons. The van der Waals surface area contributed by atoms with Gasteiger partial charge in [-0.3, -0.25) is 0 Å². The largest absolute Gasteiger partial charge is 0.491 e. The first-order valence-corrected chi connectivity index (χ1v) is 7.18. The minimum absolute atomic E-state index is 0.251. The van der Waals surface area contributed by atoms with Crippen molar-refractivity contribution in [2.24, 2.45) is 5.92 Å². The first kappa shape index (κ1) is 13.4. The molecule has 1 aromatic carbocycles. The zero-order chi connectivity index (χ0) is 13.0. The van der Waals surface area contributed by atoms with E-state index < -0.39 is 0 Å². The molecule has 0 saturated heterocycles. The Balaban J connectivity index is 1.93. The van der Waals surface area contributed by atoms with Crippen LogP contribution in [0.5, 0.6) is 5.75 Å². The van der Waals surface area contributed by atoms with Gasteiger partial charge in [0, 0.05) is 0 Å². The number of benzene rings is 1. The Hall–Kier alpha value is -1.02. The van der Waals surface area contributed by atoms with E-state index in [1.807, 2.05) is 0 Å². The highest BCUT2D eigenvalue weighted by Gasteiger charge is 2.31. The Labute approximate surface area is 111 Å². The fourth-order valence-corrected chi connectivity index (χ4v) is 2.65. The molecule has 1 saturated carbocycles. The Bertz CT molecular complexity index is 358. The van der Waals surface area contributed by atoms with Gasteiger partial charge in [-0.2, -0.15) is 0 Å². The predicted octanol–water partition coefficient (Wildman–Crippen LogP) is 3.58. The smallest absolute Gasteiger partial charge is 0.119 e. The van der Waals surface area contributed by atoms with Crippen LogP contribution in [-0.2, 0) is 0 Å². The molecule has 1 N–H and O–H groups in total. The number of ether oxygens (including phenoxy) is 1. The summed E-state index contributed by atoms with van der Waals surface area (Å²) in [6.07, 6.45) is 2.95. The van der Waals surface area contributed by atoms with Crippen molar-refractivity contribution in [1.82, 2.24) is 5.32 Å². The monoisotopic (exact) mass is 247 g/mol. The highest BCUT2D eigenvalue weighted by atomic mass is 16.5. The number of hydrogen-bond acceptors (Lipinski definition) is 2. The average molecular weight is 247 g/mol. The molecule has 2 nitrogen and oxygen atoms in total. The van der Waals surface area contributed by atoms with Gasteiger partial charge in [0.15, 0.2) is 0 Å². The van der Waals surface area contributed by atoms with Gasteiger partial charge in [-0.1, -0.05) is 19.1 Å². The van der Waals surface area contributed by atoms with E-state index in [4.69, 9.17) is 4.74 Å². The molecule has 2 atom stereocenters. The van der Waals surface area contributed by atoms with E-state index >= 15 is 0 Å². The maximum Gasteiger partial charge on any atom is 0.119 e. The van der Waals surface area contributed by atoms with E-state index in [9.17, 15) is 0 Å². The standard InChI is InChI=1S/C16H25NO/c1-4-17-11-14-7-10-16(14)13-5-8-15(9-6-13)18-12(2)3/h5-6,8-9,12,14,16-17H,4,7,10-11H2,1-3H3. The Morgan fingerprint density at radius 3 is 2.44 bits per heavy atom. The average Bonchev–Trinajstić information content (AvgIpc) is 2.30. The number of rotatable bonds is 6. The summed E-state index contributed by atoms with van der Waals surface area (Å²) in [5, 5.41) is 3.46. The number of nitrogens with one attached hydrogen (secondary N) is 1. The van der Waals surface area contributed by atoms with Gasteiger partial charge in [0.25, 0.3) is 0 Å². The first-order chi connectivity index (χ1) is 8.70. The van der Waals surface area contributed by atoms with E-state index in [-0.39, 0.29) is 6.10 Å². The summed E-state index contributed by atoms with van der Waals surface area (Å²) in [6.45, 7) is 8.53. The van der Waals surface area contributed by atoms with E-state index in [0.29, 0.717) is 0 Å². The molecule has 0 heterocycles. The summed E-state index contributed by atoms with van der Waals surface area (Å²) in [6, 6.07) is 8.69. The lowest BCUT2D eigenvalue weighted by molar-refractivity contribution is 0.239. The van der Waals surface area contributed by atoms with Gasteiger partial charge in [0.05, 0.1) is 6.10 Å². The molecule has 0 amide bonds. The van der Waals surface area contributed by atoms with Crippen molar-refractivity contribution in [1.29, 1.82) is 0 Å². The van der Waals surface area contributed by atoms with Crippen LogP contribution >= 0.6 is 0 Å². The zero-order valence-corrected chi connectivity index (χ0v) is 11.8. The second-order valence-corrected chi connectivity index (χ2v) is 5.49. The van der Waals surface area contributed by atoms with Crippen molar-refractivity contribution in [2.75, 3.05) is 13.1 Å². The van der Waals surface area contributed by atoms with E-state index in [1.165, 1.54) is 18.4 Å². The summed E-state index contributed by atoms with van der Waals surface area (Å²) < 4.78 is 5.68. The fraction of sp³-hybridized carbons (Fsp3) is 0.625. The minimum atomic E-state index is 0.251. The lowest BCUT2D eigenvalue weighted by atomic mass is 9.70.